The molecule has 3 N–H and O–H groups in total. The number of carbonyl (C=O) groups is 1. The maximum absolute atomic E-state index is 13.8. The summed E-state index contributed by atoms with van der Waals surface area (Å²) in [5.41, 5.74) is 9.01. The molecule has 2 aromatic heterocycles. The molecule has 2 heterocycles. The minimum atomic E-state index is -1.05. The van der Waals surface area contributed by atoms with Crippen LogP contribution in [0, 0.1) is 5.82 Å². The van der Waals surface area contributed by atoms with Crippen LogP contribution in [0.2, 0.25) is 0 Å². The highest BCUT2D eigenvalue weighted by atomic mass is 19.1. The van der Waals surface area contributed by atoms with Crippen LogP contribution >= 0.6 is 0 Å². The Bertz CT molecular complexity index is 1260. The number of halogens is 1. The van der Waals surface area contributed by atoms with Crippen LogP contribution in [0.3, 0.4) is 0 Å². The number of para-hydroxylation sites is 2. The smallest absolute Gasteiger partial charge is 0.335 e. The van der Waals surface area contributed by atoms with Gasteiger partial charge in [-0.3, -0.25) is 4.98 Å². The van der Waals surface area contributed by atoms with E-state index in [1.165, 1.54) is 30.5 Å². The van der Waals surface area contributed by atoms with Crippen molar-refractivity contribution in [3.05, 3.63) is 72.2 Å². The summed E-state index contributed by atoms with van der Waals surface area (Å²) in [5, 5.41) is 9.21. The Labute approximate surface area is 184 Å². The molecule has 8 heteroatoms. The van der Waals surface area contributed by atoms with Gasteiger partial charge >= 0.3 is 5.97 Å². The molecule has 2 aromatic carbocycles. The summed E-state index contributed by atoms with van der Waals surface area (Å²) in [5.74, 6) is -0.641. The summed E-state index contributed by atoms with van der Waals surface area (Å²) < 4.78 is 21.6. The SMILES string of the molecule is Nc1nc2ccccc2n1CCCCCOc1cc(F)ccc1-c1cc(C(=O)O)ccn1. The maximum Gasteiger partial charge on any atom is 0.335 e. The zero-order valence-electron chi connectivity index (χ0n) is 17.4. The summed E-state index contributed by atoms with van der Waals surface area (Å²) in [6, 6.07) is 14.8. The Kier molecular flexibility index (Phi) is 6.30. The van der Waals surface area contributed by atoms with Crippen LogP contribution in [0.1, 0.15) is 29.6 Å². The van der Waals surface area contributed by atoms with Crippen LogP contribution in [0.4, 0.5) is 10.3 Å². The van der Waals surface area contributed by atoms with Gasteiger partial charge in [-0.1, -0.05) is 12.1 Å². The molecule has 0 unspecified atom stereocenters. The fraction of sp³-hybridized carbons (Fsp3) is 0.208. The molecule has 32 heavy (non-hydrogen) atoms. The fourth-order valence-electron chi connectivity index (χ4n) is 3.60. The third kappa shape index (κ3) is 4.69. The zero-order chi connectivity index (χ0) is 22.5. The standard InChI is InChI=1S/C24H23FN4O3/c25-17-8-9-18(20-14-16(23(30)31)10-11-27-20)22(15-17)32-13-5-1-4-12-29-21-7-3-2-6-19(21)28-24(29)26/h2-3,6-11,14-15H,1,4-5,12-13H2,(H2,26,28)(H,30,31). The molecule has 164 valence electrons. The van der Waals surface area contributed by atoms with Crippen LogP contribution in [-0.4, -0.2) is 32.2 Å². The molecule has 0 bridgehead atoms. The second kappa shape index (κ2) is 9.47. The molecule has 4 aromatic rings. The number of benzene rings is 2. The van der Waals surface area contributed by atoms with Crippen molar-refractivity contribution in [3.8, 4) is 17.0 Å². The minimum absolute atomic E-state index is 0.108. The molecule has 7 nitrogen and oxygen atoms in total. The highest BCUT2D eigenvalue weighted by Gasteiger charge is 2.12. The van der Waals surface area contributed by atoms with Gasteiger partial charge in [0.25, 0.3) is 0 Å². The number of aromatic nitrogens is 3. The second-order valence-corrected chi connectivity index (χ2v) is 7.39. The van der Waals surface area contributed by atoms with Crippen molar-refractivity contribution < 1.29 is 19.0 Å². The summed E-state index contributed by atoms with van der Waals surface area (Å²) in [6.45, 7) is 1.15. The van der Waals surface area contributed by atoms with E-state index in [1.54, 1.807) is 6.07 Å². The van der Waals surface area contributed by atoms with Crippen molar-refractivity contribution in [1.82, 2.24) is 14.5 Å². The van der Waals surface area contributed by atoms with Gasteiger partial charge < -0.3 is 20.1 Å². The van der Waals surface area contributed by atoms with E-state index < -0.39 is 11.8 Å². The largest absolute Gasteiger partial charge is 0.493 e. The number of aromatic carboxylic acids is 1. The zero-order valence-corrected chi connectivity index (χ0v) is 17.4. The van der Waals surface area contributed by atoms with Crippen LogP contribution in [-0.2, 0) is 6.54 Å². The van der Waals surface area contributed by atoms with E-state index in [0.717, 1.165) is 36.8 Å². The van der Waals surface area contributed by atoms with Crippen LogP contribution in [0.25, 0.3) is 22.3 Å². The van der Waals surface area contributed by atoms with Gasteiger partial charge in [0, 0.05) is 24.4 Å². The highest BCUT2D eigenvalue weighted by molar-refractivity contribution is 5.89. The number of pyridine rings is 1. The van der Waals surface area contributed by atoms with Gasteiger partial charge in [0.05, 0.1) is 28.9 Å². The number of fused-ring (bicyclic) bond motifs is 1. The first kappa shape index (κ1) is 21.3. The number of nitrogens with two attached hydrogens (primary N) is 1. The van der Waals surface area contributed by atoms with E-state index >= 15 is 0 Å². The molecule has 0 aliphatic carbocycles. The first-order valence-electron chi connectivity index (χ1n) is 10.4. The predicted molar refractivity (Wildman–Crippen MR) is 120 cm³/mol. The summed E-state index contributed by atoms with van der Waals surface area (Å²) in [6.07, 6.45) is 3.97. The van der Waals surface area contributed by atoms with Gasteiger partial charge in [-0.05, 0) is 55.7 Å². The minimum Gasteiger partial charge on any atom is -0.493 e. The van der Waals surface area contributed by atoms with E-state index in [4.69, 9.17) is 10.5 Å². The molecule has 0 spiro atoms. The van der Waals surface area contributed by atoms with Gasteiger partial charge in [0.2, 0.25) is 5.95 Å². The Balaban J connectivity index is 1.35. The normalized spacial score (nSPS) is 11.0. The summed E-state index contributed by atoms with van der Waals surface area (Å²) in [4.78, 5) is 19.8. The molecule has 0 atom stereocenters. The lowest BCUT2D eigenvalue weighted by Gasteiger charge is -2.12. The number of ether oxygens (including phenoxy) is 1. The lowest BCUT2D eigenvalue weighted by atomic mass is 10.1. The van der Waals surface area contributed by atoms with Gasteiger partial charge in [0.15, 0.2) is 0 Å². The lowest BCUT2D eigenvalue weighted by molar-refractivity contribution is 0.0696. The Hall–Kier alpha value is -3.94. The number of hydrogen-bond donors (Lipinski definition) is 2. The summed E-state index contributed by atoms with van der Waals surface area (Å²) in [7, 11) is 0. The number of hydrogen-bond acceptors (Lipinski definition) is 5. The molecule has 0 radical (unpaired) electrons. The molecule has 0 saturated carbocycles. The van der Waals surface area contributed by atoms with E-state index in [1.807, 2.05) is 28.8 Å². The van der Waals surface area contributed by atoms with E-state index in [9.17, 15) is 14.3 Å². The number of aryl methyl sites for hydroxylation is 1. The van der Waals surface area contributed by atoms with Gasteiger partial charge in [0.1, 0.15) is 11.6 Å². The van der Waals surface area contributed by atoms with Crippen molar-refractivity contribution in [2.45, 2.75) is 25.8 Å². The van der Waals surface area contributed by atoms with Gasteiger partial charge in [-0.25, -0.2) is 14.2 Å². The topological polar surface area (TPSA) is 103 Å². The number of imidazole rings is 1. The van der Waals surface area contributed by atoms with Crippen molar-refractivity contribution in [1.29, 1.82) is 0 Å². The van der Waals surface area contributed by atoms with Crippen LogP contribution < -0.4 is 10.5 Å². The maximum atomic E-state index is 13.8. The van der Waals surface area contributed by atoms with Gasteiger partial charge in [-0.15, -0.1) is 0 Å². The molecule has 0 amide bonds. The van der Waals surface area contributed by atoms with Crippen LogP contribution in [0.15, 0.2) is 60.8 Å². The highest BCUT2D eigenvalue weighted by Crippen LogP contribution is 2.30. The molecule has 0 fully saturated rings. The number of nitrogen functional groups attached to an aromatic ring is 1. The fourth-order valence-corrected chi connectivity index (χ4v) is 3.60. The molecule has 0 saturated heterocycles. The average Bonchev–Trinajstić information content (AvgIpc) is 3.11. The molecular weight excluding hydrogens is 411 g/mol. The third-order valence-electron chi connectivity index (χ3n) is 5.19. The number of carboxylic acid groups (broad SMARTS) is 1. The molecule has 4 rings (SSSR count). The Morgan fingerprint density at radius 1 is 1.09 bits per heavy atom. The Morgan fingerprint density at radius 3 is 2.78 bits per heavy atom. The van der Waals surface area contributed by atoms with Crippen molar-refractivity contribution in [2.75, 3.05) is 12.3 Å². The Morgan fingerprint density at radius 2 is 1.94 bits per heavy atom. The van der Waals surface area contributed by atoms with Crippen LogP contribution in [0.5, 0.6) is 5.75 Å². The molecule has 0 aliphatic heterocycles. The van der Waals surface area contributed by atoms with Crippen molar-refractivity contribution in [2.24, 2.45) is 0 Å². The average molecular weight is 434 g/mol. The number of rotatable bonds is 9. The summed E-state index contributed by atoms with van der Waals surface area (Å²) >= 11 is 0. The van der Waals surface area contributed by atoms with E-state index in [0.29, 0.717) is 29.6 Å². The third-order valence-corrected chi connectivity index (χ3v) is 5.19. The predicted octanol–water partition coefficient (Wildman–Crippen LogP) is 4.77. The molecular formula is C24H23FN4O3. The molecule has 0 aliphatic rings. The number of nitrogens with zero attached hydrogens (tertiary/aromatic N) is 3. The number of unbranched alkanes of at least 4 members (excludes halogenated alkanes) is 2. The first-order chi connectivity index (χ1) is 15.5. The van der Waals surface area contributed by atoms with E-state index in [2.05, 4.69) is 9.97 Å². The van der Waals surface area contributed by atoms with Crippen molar-refractivity contribution in [3.63, 3.8) is 0 Å². The van der Waals surface area contributed by atoms with E-state index in [-0.39, 0.29) is 5.56 Å². The van der Waals surface area contributed by atoms with Crippen molar-refractivity contribution >= 4 is 23.0 Å². The lowest BCUT2D eigenvalue weighted by Crippen LogP contribution is -2.05. The number of anilines is 1. The quantitative estimate of drug-likeness (QED) is 0.368. The monoisotopic (exact) mass is 434 g/mol. The van der Waals surface area contributed by atoms with Gasteiger partial charge in [-0.2, -0.15) is 0 Å². The first-order valence-corrected chi connectivity index (χ1v) is 10.4. The second-order valence-electron chi connectivity index (χ2n) is 7.39. The number of carboxylic acids is 1.